The lowest BCUT2D eigenvalue weighted by Crippen LogP contribution is -2.12. The number of aryl methyl sites for hydroxylation is 1. The first-order valence-electron chi connectivity index (χ1n) is 7.61. The molecule has 7 nitrogen and oxygen atoms in total. The molecule has 0 saturated carbocycles. The average molecular weight is 336 g/mol. The van der Waals surface area contributed by atoms with E-state index in [0.717, 1.165) is 5.56 Å². The molecule has 0 unspecified atom stereocenters. The van der Waals surface area contributed by atoms with Gasteiger partial charge in [0.15, 0.2) is 5.82 Å². The quantitative estimate of drug-likeness (QED) is 0.762. The summed E-state index contributed by atoms with van der Waals surface area (Å²) >= 11 is 0. The molecule has 0 aliphatic carbocycles. The molecule has 2 N–H and O–H groups in total. The first-order valence-corrected chi connectivity index (χ1v) is 7.61. The highest BCUT2D eigenvalue weighted by Gasteiger charge is 2.10. The van der Waals surface area contributed by atoms with Crippen molar-refractivity contribution in [3.8, 4) is 11.5 Å². The fraction of sp³-hybridized carbons (Fsp3) is 0.111. The number of anilines is 2. The summed E-state index contributed by atoms with van der Waals surface area (Å²) in [6, 6.07) is 13.8. The number of aromatic nitrogens is 2. The topological polar surface area (TPSA) is 97.1 Å². The molecule has 1 aromatic heterocycles. The maximum absolute atomic E-state index is 12.3. The van der Waals surface area contributed by atoms with Crippen LogP contribution in [0.25, 0.3) is 11.5 Å². The molecule has 0 spiro atoms. The van der Waals surface area contributed by atoms with Gasteiger partial charge in [0, 0.05) is 29.4 Å². The summed E-state index contributed by atoms with van der Waals surface area (Å²) in [7, 11) is 0. The maximum Gasteiger partial charge on any atom is 0.257 e. The fourth-order valence-corrected chi connectivity index (χ4v) is 2.26. The Balaban J connectivity index is 1.72. The van der Waals surface area contributed by atoms with Crippen molar-refractivity contribution in [2.75, 3.05) is 10.6 Å². The monoisotopic (exact) mass is 336 g/mol. The van der Waals surface area contributed by atoms with E-state index in [2.05, 4.69) is 20.8 Å². The van der Waals surface area contributed by atoms with Crippen molar-refractivity contribution < 1.29 is 14.1 Å². The van der Waals surface area contributed by atoms with Crippen molar-refractivity contribution in [1.82, 2.24) is 10.1 Å². The summed E-state index contributed by atoms with van der Waals surface area (Å²) in [5.41, 5.74) is 2.44. The largest absolute Gasteiger partial charge is 0.334 e. The number of hydrogen-bond donors (Lipinski definition) is 2. The molecule has 1 heterocycles. The summed E-state index contributed by atoms with van der Waals surface area (Å²) in [5, 5.41) is 9.21. The van der Waals surface area contributed by atoms with Gasteiger partial charge in [-0.2, -0.15) is 4.98 Å². The Morgan fingerprint density at radius 3 is 2.28 bits per heavy atom. The second-order valence-electron chi connectivity index (χ2n) is 5.44. The van der Waals surface area contributed by atoms with E-state index < -0.39 is 0 Å². The van der Waals surface area contributed by atoms with Gasteiger partial charge in [0.2, 0.25) is 5.91 Å². The maximum atomic E-state index is 12.3. The molecular weight excluding hydrogens is 320 g/mol. The SMILES string of the molecule is CC(=O)Nc1cccc(NC(=O)c2ccc(-c3nc(C)no3)cc2)c1. The molecule has 3 rings (SSSR count). The van der Waals surface area contributed by atoms with Crippen molar-refractivity contribution in [2.24, 2.45) is 0 Å². The molecule has 126 valence electrons. The normalized spacial score (nSPS) is 10.3. The zero-order valence-electron chi connectivity index (χ0n) is 13.7. The number of nitrogens with zero attached hydrogens (tertiary/aromatic N) is 2. The van der Waals surface area contributed by atoms with Crippen LogP contribution in [0.5, 0.6) is 0 Å². The van der Waals surface area contributed by atoms with E-state index >= 15 is 0 Å². The Morgan fingerprint density at radius 1 is 1.00 bits per heavy atom. The van der Waals surface area contributed by atoms with Gasteiger partial charge in [-0.25, -0.2) is 0 Å². The Kier molecular flexibility index (Phi) is 4.56. The smallest absolute Gasteiger partial charge is 0.257 e. The summed E-state index contributed by atoms with van der Waals surface area (Å²) in [5.74, 6) is 0.534. The van der Waals surface area contributed by atoms with Crippen molar-refractivity contribution in [2.45, 2.75) is 13.8 Å². The van der Waals surface area contributed by atoms with Gasteiger partial charge in [0.1, 0.15) is 0 Å². The first kappa shape index (κ1) is 16.4. The third kappa shape index (κ3) is 4.08. The Labute approximate surface area is 144 Å². The van der Waals surface area contributed by atoms with Crippen molar-refractivity contribution >= 4 is 23.2 Å². The molecule has 2 amide bonds. The van der Waals surface area contributed by atoms with Gasteiger partial charge >= 0.3 is 0 Å². The van der Waals surface area contributed by atoms with Gasteiger partial charge in [0.05, 0.1) is 0 Å². The number of rotatable bonds is 4. The zero-order valence-corrected chi connectivity index (χ0v) is 13.7. The van der Waals surface area contributed by atoms with Gasteiger partial charge in [-0.3, -0.25) is 9.59 Å². The lowest BCUT2D eigenvalue weighted by Gasteiger charge is -2.08. The third-order valence-electron chi connectivity index (χ3n) is 3.36. The summed E-state index contributed by atoms with van der Waals surface area (Å²) in [4.78, 5) is 27.6. The Bertz CT molecular complexity index is 916. The predicted octanol–water partition coefficient (Wildman–Crippen LogP) is 3.26. The van der Waals surface area contributed by atoms with Crippen molar-refractivity contribution in [1.29, 1.82) is 0 Å². The third-order valence-corrected chi connectivity index (χ3v) is 3.36. The lowest BCUT2D eigenvalue weighted by atomic mass is 10.1. The molecule has 7 heteroatoms. The van der Waals surface area contributed by atoms with Crippen LogP contribution in [0.15, 0.2) is 53.1 Å². The van der Waals surface area contributed by atoms with Crippen LogP contribution in [0.4, 0.5) is 11.4 Å². The van der Waals surface area contributed by atoms with E-state index in [9.17, 15) is 9.59 Å². The van der Waals surface area contributed by atoms with Crippen LogP contribution in [0.1, 0.15) is 23.1 Å². The van der Waals surface area contributed by atoms with Gasteiger partial charge in [-0.15, -0.1) is 0 Å². The second-order valence-corrected chi connectivity index (χ2v) is 5.44. The van der Waals surface area contributed by atoms with Crippen LogP contribution in [0.3, 0.4) is 0 Å². The molecule has 0 aliphatic heterocycles. The molecule has 0 aliphatic rings. The number of carbonyl (C=O) groups excluding carboxylic acids is 2. The minimum absolute atomic E-state index is 0.171. The van der Waals surface area contributed by atoms with E-state index in [0.29, 0.717) is 28.7 Å². The van der Waals surface area contributed by atoms with E-state index in [1.807, 2.05) is 0 Å². The van der Waals surface area contributed by atoms with Crippen molar-refractivity contribution in [3.63, 3.8) is 0 Å². The summed E-state index contributed by atoms with van der Waals surface area (Å²) in [6.07, 6.45) is 0. The van der Waals surface area contributed by atoms with Gasteiger partial charge in [0.25, 0.3) is 11.8 Å². The minimum Gasteiger partial charge on any atom is -0.334 e. The molecule has 0 bridgehead atoms. The van der Waals surface area contributed by atoms with Crippen molar-refractivity contribution in [3.05, 3.63) is 59.9 Å². The van der Waals surface area contributed by atoms with E-state index in [1.54, 1.807) is 55.5 Å². The molecule has 0 saturated heterocycles. The molecule has 0 radical (unpaired) electrons. The van der Waals surface area contributed by atoms with E-state index in [-0.39, 0.29) is 11.8 Å². The minimum atomic E-state index is -0.256. The van der Waals surface area contributed by atoms with Gasteiger partial charge < -0.3 is 15.2 Å². The number of hydrogen-bond acceptors (Lipinski definition) is 5. The van der Waals surface area contributed by atoms with Crippen LogP contribution in [-0.4, -0.2) is 22.0 Å². The number of benzene rings is 2. The van der Waals surface area contributed by atoms with Crippen LogP contribution >= 0.6 is 0 Å². The number of nitrogens with one attached hydrogen (secondary N) is 2. The molecule has 25 heavy (non-hydrogen) atoms. The van der Waals surface area contributed by atoms with Gasteiger partial charge in [-0.1, -0.05) is 11.2 Å². The van der Waals surface area contributed by atoms with Crippen LogP contribution in [-0.2, 0) is 4.79 Å². The number of amides is 2. The first-order chi connectivity index (χ1) is 12.0. The predicted molar refractivity (Wildman–Crippen MR) is 93.2 cm³/mol. The molecular formula is C18H16N4O3. The summed E-state index contributed by atoms with van der Waals surface area (Å²) in [6.45, 7) is 3.17. The highest BCUT2D eigenvalue weighted by atomic mass is 16.5. The highest BCUT2D eigenvalue weighted by Crippen LogP contribution is 2.19. The fourth-order valence-electron chi connectivity index (χ4n) is 2.26. The molecule has 3 aromatic rings. The standard InChI is InChI=1S/C18H16N4O3/c1-11-19-18(25-22-11)14-8-6-13(7-9-14)17(24)21-16-5-3-4-15(10-16)20-12(2)23/h3-10H,1-2H3,(H,20,23)(H,21,24). The second kappa shape index (κ2) is 6.96. The highest BCUT2D eigenvalue weighted by molar-refractivity contribution is 6.04. The van der Waals surface area contributed by atoms with E-state index in [4.69, 9.17) is 4.52 Å². The molecule has 2 aromatic carbocycles. The van der Waals surface area contributed by atoms with Crippen LogP contribution < -0.4 is 10.6 Å². The van der Waals surface area contributed by atoms with Crippen LogP contribution in [0.2, 0.25) is 0 Å². The zero-order chi connectivity index (χ0) is 17.8. The number of carbonyl (C=O) groups is 2. The lowest BCUT2D eigenvalue weighted by molar-refractivity contribution is -0.114. The van der Waals surface area contributed by atoms with Gasteiger partial charge in [-0.05, 0) is 49.4 Å². The Morgan fingerprint density at radius 2 is 1.68 bits per heavy atom. The molecule has 0 fully saturated rings. The Hall–Kier alpha value is -3.48. The average Bonchev–Trinajstić information content (AvgIpc) is 3.01. The van der Waals surface area contributed by atoms with E-state index in [1.165, 1.54) is 6.92 Å². The summed E-state index contributed by atoms with van der Waals surface area (Å²) < 4.78 is 5.10. The van der Waals surface area contributed by atoms with Crippen LogP contribution in [0, 0.1) is 6.92 Å². The molecule has 0 atom stereocenters.